The van der Waals surface area contributed by atoms with Crippen molar-refractivity contribution < 1.29 is 43.9 Å². The minimum Gasteiger partial charge on any atom is -0.459 e. The van der Waals surface area contributed by atoms with Gasteiger partial charge in [0, 0.05) is 43.6 Å². The van der Waals surface area contributed by atoms with E-state index in [1.807, 2.05) is 77.7 Å². The maximum absolute atomic E-state index is 14.7. The average molecular weight is 885 g/mol. The highest BCUT2D eigenvalue weighted by Gasteiger charge is 2.66. The number of amides is 1. The Kier molecular flexibility index (Phi) is 15.8. The van der Waals surface area contributed by atoms with Crippen molar-refractivity contribution in [2.45, 2.75) is 82.1 Å². The molecule has 0 aromatic heterocycles. The number of unbranched alkanes of at least 4 members (excludes halogenated alkanes) is 2. The predicted molar refractivity (Wildman–Crippen MR) is 250 cm³/mol. The van der Waals surface area contributed by atoms with Crippen LogP contribution in [-0.2, 0) is 25.7 Å². The summed E-state index contributed by atoms with van der Waals surface area (Å²) in [7, 11) is 0. The SMILES string of the molecule is C=CCO[C@@]12Oc3ccc(Oc4ccc(-c5ccccc5)cc4)cc3[C@H]3[C@H](CCCCO)[C@@H](CCCCO)C=C(C(=NOCc4ccccc4)C[C@@H]1N(CCOCCO)C(=O)C1CC1)[C@H]32. The maximum atomic E-state index is 14.7. The van der Waals surface area contributed by atoms with Crippen molar-refractivity contribution in [3.63, 3.8) is 0 Å². The van der Waals surface area contributed by atoms with Crippen LogP contribution in [0.15, 0.2) is 133 Å². The summed E-state index contributed by atoms with van der Waals surface area (Å²) in [5.41, 5.74) is 5.90. The van der Waals surface area contributed by atoms with Crippen LogP contribution >= 0.6 is 0 Å². The molecule has 0 saturated heterocycles. The third-order valence-electron chi connectivity index (χ3n) is 13.4. The summed E-state index contributed by atoms with van der Waals surface area (Å²) in [6.45, 7) is 5.23. The van der Waals surface area contributed by atoms with E-state index >= 15 is 0 Å². The molecular weight excluding hydrogens is 821 g/mol. The van der Waals surface area contributed by atoms with Crippen LogP contribution in [-0.4, -0.2) is 89.9 Å². The molecule has 3 aliphatic carbocycles. The lowest BCUT2D eigenvalue weighted by Gasteiger charge is -2.60. The van der Waals surface area contributed by atoms with E-state index in [4.69, 9.17) is 28.9 Å². The average Bonchev–Trinajstić information content (AvgIpc) is 4.20. The topological polar surface area (TPSA) is 140 Å². The monoisotopic (exact) mass is 884 g/mol. The van der Waals surface area contributed by atoms with Crippen LogP contribution in [0.3, 0.4) is 0 Å². The molecular formula is C54H64N2O9. The Bertz CT molecular complexity index is 2230. The summed E-state index contributed by atoms with van der Waals surface area (Å²) in [5, 5.41) is 34.6. The Balaban J connectivity index is 1.27. The van der Waals surface area contributed by atoms with Gasteiger partial charge in [-0.2, -0.15) is 0 Å². The number of oxime groups is 1. The quantitative estimate of drug-likeness (QED) is 0.0357. The van der Waals surface area contributed by atoms with Crippen LogP contribution in [0.2, 0.25) is 0 Å². The molecule has 0 unspecified atom stereocenters. The molecule has 8 rings (SSSR count). The highest BCUT2D eigenvalue weighted by Crippen LogP contribution is 2.62. The van der Waals surface area contributed by atoms with Gasteiger partial charge >= 0.3 is 0 Å². The summed E-state index contributed by atoms with van der Waals surface area (Å²) >= 11 is 0. The molecule has 1 amide bonds. The number of nitrogens with zero attached hydrogens (tertiary/aromatic N) is 2. The van der Waals surface area contributed by atoms with Crippen LogP contribution < -0.4 is 9.47 Å². The molecule has 4 aromatic carbocycles. The molecule has 65 heavy (non-hydrogen) atoms. The van der Waals surface area contributed by atoms with Crippen LogP contribution in [0.4, 0.5) is 0 Å². The van der Waals surface area contributed by atoms with Crippen LogP contribution in [0, 0.1) is 23.7 Å². The van der Waals surface area contributed by atoms with Gasteiger partial charge in [0.25, 0.3) is 0 Å². The number of rotatable bonds is 24. The number of carbonyl (C=O) groups is 1. The number of allylic oxidation sites excluding steroid dienone is 1. The van der Waals surface area contributed by atoms with E-state index in [9.17, 15) is 20.1 Å². The zero-order valence-corrected chi connectivity index (χ0v) is 37.3. The fourth-order valence-corrected chi connectivity index (χ4v) is 10.3. The third kappa shape index (κ3) is 10.7. The van der Waals surface area contributed by atoms with Gasteiger partial charge in [-0.05, 0) is 103 Å². The molecule has 344 valence electrons. The molecule has 2 fully saturated rings. The summed E-state index contributed by atoms with van der Waals surface area (Å²) in [4.78, 5) is 22.8. The molecule has 2 saturated carbocycles. The zero-order valence-electron chi connectivity index (χ0n) is 37.3. The van der Waals surface area contributed by atoms with E-state index in [-0.39, 0.29) is 82.4 Å². The first-order valence-electron chi connectivity index (χ1n) is 23.5. The summed E-state index contributed by atoms with van der Waals surface area (Å²) in [6.07, 6.45) is 10.7. The van der Waals surface area contributed by atoms with Crippen molar-refractivity contribution in [1.29, 1.82) is 0 Å². The normalized spacial score (nSPS) is 23.7. The molecule has 1 aliphatic heterocycles. The molecule has 6 atom stereocenters. The first-order chi connectivity index (χ1) is 32.0. The van der Waals surface area contributed by atoms with Crippen LogP contribution in [0.1, 0.15) is 74.8 Å². The van der Waals surface area contributed by atoms with Crippen LogP contribution in [0.25, 0.3) is 11.1 Å². The van der Waals surface area contributed by atoms with Crippen molar-refractivity contribution in [2.75, 3.05) is 46.2 Å². The largest absolute Gasteiger partial charge is 0.459 e. The fraction of sp³-hybridized carbons (Fsp3) is 0.444. The first-order valence-corrected chi connectivity index (χ1v) is 23.5. The van der Waals surface area contributed by atoms with Gasteiger partial charge in [-0.1, -0.05) is 103 Å². The van der Waals surface area contributed by atoms with Gasteiger partial charge in [0.15, 0.2) is 0 Å². The van der Waals surface area contributed by atoms with Crippen LogP contribution in [0.5, 0.6) is 17.2 Å². The van der Waals surface area contributed by atoms with Gasteiger partial charge < -0.3 is 44.0 Å². The predicted octanol–water partition coefficient (Wildman–Crippen LogP) is 9.23. The van der Waals surface area contributed by atoms with Crippen molar-refractivity contribution >= 4 is 11.6 Å². The van der Waals surface area contributed by atoms with E-state index in [0.717, 1.165) is 72.1 Å². The minimum atomic E-state index is -1.38. The van der Waals surface area contributed by atoms with Gasteiger partial charge in [-0.25, -0.2) is 0 Å². The van der Waals surface area contributed by atoms with E-state index < -0.39 is 17.7 Å². The standard InChI is InChI=1S/C54H64N2O9/c1-2-31-62-54-50(56(27-32-61-33-30-59)53(60)41-19-20-41)36-48(55-63-37-38-13-5-3-6-14-38)46-34-42(17-9-11-28-57)45(18-10-12-29-58)51(52(46)54)47-35-44(25-26-49(47)65-54)64-43-23-21-40(22-24-43)39-15-7-4-8-16-39/h2-8,13-16,21-26,34-35,41-42,45,50-52,57-59H,1,9-12,17-20,27-33,36-37H2/t42-,45+,50-,51+,52+,54+/m0/s1. The molecule has 4 aliphatic rings. The van der Waals surface area contributed by atoms with Crippen molar-refractivity contribution in [3.05, 3.63) is 139 Å². The molecule has 3 N–H and O–H groups in total. The Morgan fingerprint density at radius 1 is 0.831 bits per heavy atom. The van der Waals surface area contributed by atoms with E-state index in [1.165, 1.54) is 0 Å². The maximum Gasteiger partial charge on any atom is 0.239 e. The minimum absolute atomic E-state index is 0.0197. The van der Waals surface area contributed by atoms with Gasteiger partial charge in [0.2, 0.25) is 11.7 Å². The molecule has 11 heteroatoms. The number of benzene rings is 4. The van der Waals surface area contributed by atoms with Gasteiger partial charge in [-0.15, -0.1) is 6.58 Å². The Morgan fingerprint density at radius 2 is 1.54 bits per heavy atom. The number of aliphatic hydroxyl groups excluding tert-OH is 3. The lowest BCUT2D eigenvalue weighted by atomic mass is 9.55. The molecule has 1 heterocycles. The fourth-order valence-electron chi connectivity index (χ4n) is 10.3. The molecule has 0 radical (unpaired) electrons. The lowest BCUT2D eigenvalue weighted by molar-refractivity contribution is -0.258. The summed E-state index contributed by atoms with van der Waals surface area (Å²) in [6, 6.07) is 33.7. The van der Waals surface area contributed by atoms with Gasteiger partial charge in [0.05, 0.1) is 38.1 Å². The number of aliphatic hydroxyl groups is 3. The molecule has 0 bridgehead atoms. The van der Waals surface area contributed by atoms with Crippen molar-refractivity contribution in [2.24, 2.45) is 28.8 Å². The Hall–Kier alpha value is -5.30. The number of hydrogen-bond donors (Lipinski definition) is 3. The second-order valence-corrected chi connectivity index (χ2v) is 17.7. The Labute approximate surface area is 383 Å². The van der Waals surface area contributed by atoms with E-state index in [0.29, 0.717) is 36.5 Å². The number of carbonyl (C=O) groups excluding carboxylic acids is 1. The lowest BCUT2D eigenvalue weighted by Crippen LogP contribution is -2.70. The second-order valence-electron chi connectivity index (χ2n) is 17.7. The first kappa shape index (κ1) is 46.2. The number of fused-ring (bicyclic) bond motifs is 2. The van der Waals surface area contributed by atoms with Crippen molar-refractivity contribution in [1.82, 2.24) is 4.90 Å². The third-order valence-corrected chi connectivity index (χ3v) is 13.4. The molecule has 11 nitrogen and oxygen atoms in total. The van der Waals surface area contributed by atoms with E-state index in [1.54, 1.807) is 6.08 Å². The summed E-state index contributed by atoms with van der Waals surface area (Å²) in [5.74, 6) is 0.0609. The van der Waals surface area contributed by atoms with E-state index in [2.05, 4.69) is 43.0 Å². The smallest absolute Gasteiger partial charge is 0.239 e. The van der Waals surface area contributed by atoms with Crippen molar-refractivity contribution in [3.8, 4) is 28.4 Å². The molecule has 0 spiro atoms. The highest BCUT2D eigenvalue weighted by atomic mass is 16.7. The van der Waals surface area contributed by atoms with Gasteiger partial charge in [-0.3, -0.25) is 4.79 Å². The summed E-state index contributed by atoms with van der Waals surface area (Å²) < 4.78 is 27.0. The zero-order chi connectivity index (χ0) is 45.0. The second kappa shape index (κ2) is 22.3. The number of hydrogen-bond acceptors (Lipinski definition) is 10. The highest BCUT2D eigenvalue weighted by molar-refractivity contribution is 6.03. The Morgan fingerprint density at radius 3 is 2.25 bits per heavy atom. The number of ether oxygens (including phenoxy) is 4. The van der Waals surface area contributed by atoms with Gasteiger partial charge in [0.1, 0.15) is 29.9 Å². The molecule has 4 aromatic rings.